The van der Waals surface area contributed by atoms with E-state index < -0.39 is 17.8 Å². The molecule has 7 nitrogen and oxygen atoms in total. The van der Waals surface area contributed by atoms with Crippen LogP contribution in [0.5, 0.6) is 0 Å². The number of benzene rings is 2. The number of imide groups is 2. The maximum absolute atomic E-state index is 12.2. The van der Waals surface area contributed by atoms with Gasteiger partial charge in [0.15, 0.2) is 0 Å². The van der Waals surface area contributed by atoms with E-state index in [-0.39, 0.29) is 6.54 Å². The van der Waals surface area contributed by atoms with Crippen LogP contribution in [-0.4, -0.2) is 44.5 Å². The molecular weight excluding hydrogens is 344 g/mol. The van der Waals surface area contributed by atoms with Crippen LogP contribution in [0.25, 0.3) is 16.9 Å². The van der Waals surface area contributed by atoms with Crippen molar-refractivity contribution in [1.29, 1.82) is 0 Å². The van der Waals surface area contributed by atoms with Gasteiger partial charge in [0.1, 0.15) is 0 Å². The Kier molecular flexibility index (Phi) is 4.04. The summed E-state index contributed by atoms with van der Waals surface area (Å²) in [7, 11) is 1.30. The van der Waals surface area contributed by atoms with Crippen molar-refractivity contribution in [2.45, 2.75) is 6.54 Å². The molecule has 7 heteroatoms. The lowest BCUT2D eigenvalue weighted by Gasteiger charge is -2.12. The number of aromatic nitrogens is 2. The molecule has 1 aliphatic rings. The Balaban J connectivity index is 1.77. The molecule has 0 atom stereocenters. The quantitative estimate of drug-likeness (QED) is 0.529. The van der Waals surface area contributed by atoms with Gasteiger partial charge in [-0.15, -0.1) is 0 Å². The molecule has 0 unspecified atom stereocenters. The minimum absolute atomic E-state index is 0.0230. The maximum atomic E-state index is 12.2. The Morgan fingerprint density at radius 1 is 0.852 bits per heavy atom. The van der Waals surface area contributed by atoms with E-state index in [0.29, 0.717) is 11.3 Å². The minimum Gasteiger partial charge on any atom is -0.263 e. The Hall–Kier alpha value is -3.74. The molecule has 1 saturated heterocycles. The Labute approximate surface area is 155 Å². The number of hydrogen-bond donors (Lipinski definition) is 0. The molecule has 0 aliphatic carbocycles. The van der Waals surface area contributed by atoms with E-state index in [0.717, 1.165) is 21.1 Å². The average molecular weight is 360 g/mol. The maximum Gasteiger partial charge on any atom is 0.334 e. The molecule has 134 valence electrons. The van der Waals surface area contributed by atoms with E-state index in [2.05, 4.69) is 5.10 Å². The molecule has 0 radical (unpaired) electrons. The number of carbonyl (C=O) groups excluding carboxylic acids is 3. The summed E-state index contributed by atoms with van der Waals surface area (Å²) in [6, 6.07) is 18.4. The normalized spacial score (nSPS) is 14.3. The zero-order chi connectivity index (χ0) is 19.0. The number of rotatable bonds is 4. The monoisotopic (exact) mass is 360 g/mol. The zero-order valence-electron chi connectivity index (χ0n) is 14.6. The average Bonchev–Trinajstić information content (AvgIpc) is 3.21. The summed E-state index contributed by atoms with van der Waals surface area (Å²) in [6.45, 7) is -0.0230. The van der Waals surface area contributed by atoms with Crippen LogP contribution in [0.4, 0.5) is 4.79 Å². The number of likely N-dealkylation sites (N-methyl/N-ethyl adjacent to an activating group) is 1. The van der Waals surface area contributed by atoms with Gasteiger partial charge in [-0.1, -0.05) is 48.5 Å². The lowest BCUT2D eigenvalue weighted by Crippen LogP contribution is -2.31. The smallest absolute Gasteiger partial charge is 0.263 e. The van der Waals surface area contributed by atoms with Gasteiger partial charge in [0.25, 0.3) is 0 Å². The lowest BCUT2D eigenvalue weighted by molar-refractivity contribution is -0.143. The highest BCUT2D eigenvalue weighted by molar-refractivity contribution is 6.44. The van der Waals surface area contributed by atoms with Gasteiger partial charge in [-0.25, -0.2) is 9.48 Å². The van der Waals surface area contributed by atoms with Crippen LogP contribution in [0.1, 0.15) is 5.56 Å². The molecule has 0 N–H and O–H groups in total. The molecule has 2 heterocycles. The third kappa shape index (κ3) is 2.89. The van der Waals surface area contributed by atoms with Crippen molar-refractivity contribution >= 4 is 17.8 Å². The van der Waals surface area contributed by atoms with Crippen LogP contribution in [0.3, 0.4) is 0 Å². The second-order valence-corrected chi connectivity index (χ2v) is 6.19. The first-order valence-electron chi connectivity index (χ1n) is 8.39. The number of amides is 4. The fourth-order valence-electron chi connectivity index (χ4n) is 3.00. The largest absolute Gasteiger partial charge is 0.334 e. The molecule has 4 rings (SSSR count). The lowest BCUT2D eigenvalue weighted by atomic mass is 10.1. The molecule has 27 heavy (non-hydrogen) atoms. The molecule has 3 aromatic rings. The summed E-state index contributed by atoms with van der Waals surface area (Å²) >= 11 is 0. The standard InChI is InChI=1S/C20H16N4O3/c1-22-18(25)19(26)23(20(22)27)12-15-13-24(16-10-6-3-7-11-16)21-17(15)14-8-4-2-5-9-14/h2-11,13H,12H2,1H3. The molecule has 1 fully saturated rings. The van der Waals surface area contributed by atoms with Crippen molar-refractivity contribution in [1.82, 2.24) is 19.6 Å². The van der Waals surface area contributed by atoms with Gasteiger partial charge in [0, 0.05) is 24.4 Å². The molecular formula is C20H16N4O3. The van der Waals surface area contributed by atoms with E-state index in [1.165, 1.54) is 7.05 Å². The van der Waals surface area contributed by atoms with Crippen LogP contribution >= 0.6 is 0 Å². The summed E-state index contributed by atoms with van der Waals surface area (Å²) in [6.07, 6.45) is 1.78. The molecule has 2 aromatic carbocycles. The Bertz CT molecular complexity index is 1030. The second kappa shape index (κ2) is 6.53. The van der Waals surface area contributed by atoms with Gasteiger partial charge in [-0.2, -0.15) is 5.10 Å². The van der Waals surface area contributed by atoms with Crippen LogP contribution in [0, 0.1) is 0 Å². The Morgan fingerprint density at radius 3 is 2.07 bits per heavy atom. The number of carbonyl (C=O) groups is 3. The van der Waals surface area contributed by atoms with E-state index in [4.69, 9.17) is 0 Å². The van der Waals surface area contributed by atoms with Crippen molar-refractivity contribution < 1.29 is 14.4 Å². The zero-order valence-corrected chi connectivity index (χ0v) is 14.6. The van der Waals surface area contributed by atoms with Gasteiger partial charge in [-0.3, -0.25) is 19.4 Å². The summed E-state index contributed by atoms with van der Waals surface area (Å²) in [5, 5.41) is 4.65. The molecule has 0 bridgehead atoms. The van der Waals surface area contributed by atoms with Gasteiger partial charge in [-0.05, 0) is 12.1 Å². The van der Waals surface area contributed by atoms with Gasteiger partial charge >= 0.3 is 17.8 Å². The minimum atomic E-state index is -0.825. The van der Waals surface area contributed by atoms with Crippen molar-refractivity contribution in [3.05, 3.63) is 72.4 Å². The predicted molar refractivity (Wildman–Crippen MR) is 97.7 cm³/mol. The second-order valence-electron chi connectivity index (χ2n) is 6.19. The van der Waals surface area contributed by atoms with E-state index in [9.17, 15) is 14.4 Å². The fraction of sp³-hybridized carbons (Fsp3) is 0.100. The van der Waals surface area contributed by atoms with Crippen LogP contribution < -0.4 is 0 Å². The van der Waals surface area contributed by atoms with Gasteiger partial charge in [0.05, 0.1) is 17.9 Å². The number of urea groups is 1. The van der Waals surface area contributed by atoms with Crippen LogP contribution in [-0.2, 0) is 16.1 Å². The van der Waals surface area contributed by atoms with Crippen LogP contribution in [0.15, 0.2) is 66.9 Å². The first-order valence-corrected chi connectivity index (χ1v) is 8.39. The van der Waals surface area contributed by atoms with Crippen molar-refractivity contribution in [2.24, 2.45) is 0 Å². The van der Waals surface area contributed by atoms with E-state index >= 15 is 0 Å². The molecule has 1 aromatic heterocycles. The molecule has 4 amide bonds. The fourth-order valence-corrected chi connectivity index (χ4v) is 3.00. The highest BCUT2D eigenvalue weighted by Gasteiger charge is 2.42. The molecule has 0 saturated carbocycles. The predicted octanol–water partition coefficient (Wildman–Crippen LogP) is 2.46. The Morgan fingerprint density at radius 2 is 1.48 bits per heavy atom. The summed E-state index contributed by atoms with van der Waals surface area (Å²) in [5.74, 6) is -1.65. The molecule has 1 aliphatic heterocycles. The third-order valence-electron chi connectivity index (χ3n) is 4.44. The number of nitrogens with zero attached hydrogens (tertiary/aromatic N) is 4. The van der Waals surface area contributed by atoms with Crippen molar-refractivity contribution in [3.63, 3.8) is 0 Å². The van der Waals surface area contributed by atoms with E-state index in [1.54, 1.807) is 10.9 Å². The van der Waals surface area contributed by atoms with Gasteiger partial charge in [0.2, 0.25) is 0 Å². The van der Waals surface area contributed by atoms with Crippen LogP contribution in [0.2, 0.25) is 0 Å². The van der Waals surface area contributed by atoms with Gasteiger partial charge < -0.3 is 0 Å². The van der Waals surface area contributed by atoms with Crippen molar-refractivity contribution in [2.75, 3.05) is 7.05 Å². The topological polar surface area (TPSA) is 75.5 Å². The van der Waals surface area contributed by atoms with E-state index in [1.807, 2.05) is 60.7 Å². The summed E-state index contributed by atoms with van der Waals surface area (Å²) in [4.78, 5) is 37.9. The summed E-state index contributed by atoms with van der Waals surface area (Å²) < 4.78 is 1.70. The SMILES string of the molecule is CN1C(=O)C(=O)N(Cc2cn(-c3ccccc3)nc2-c2ccccc2)C1=O. The highest BCUT2D eigenvalue weighted by atomic mass is 16.2. The third-order valence-corrected chi connectivity index (χ3v) is 4.44. The van der Waals surface area contributed by atoms with Crippen molar-refractivity contribution in [3.8, 4) is 16.9 Å². The first-order chi connectivity index (χ1) is 13.1. The molecule has 0 spiro atoms. The highest BCUT2D eigenvalue weighted by Crippen LogP contribution is 2.26. The number of para-hydroxylation sites is 1. The number of hydrogen-bond acceptors (Lipinski definition) is 4. The first kappa shape index (κ1) is 16.7. The summed E-state index contributed by atoms with van der Waals surface area (Å²) in [5.41, 5.74) is 3.05.